The molecule has 0 spiro atoms. The number of likely N-dealkylation sites (tertiary alicyclic amines) is 1. The van der Waals surface area contributed by atoms with Gasteiger partial charge in [-0.25, -0.2) is 0 Å². The van der Waals surface area contributed by atoms with Gasteiger partial charge in [0.15, 0.2) is 0 Å². The first-order valence-electron chi connectivity index (χ1n) is 11.2. The van der Waals surface area contributed by atoms with Crippen molar-refractivity contribution >= 4 is 34.2 Å². The third-order valence-electron chi connectivity index (χ3n) is 6.85. The predicted molar refractivity (Wildman–Crippen MR) is 134 cm³/mol. The van der Waals surface area contributed by atoms with Crippen LogP contribution in [0.2, 0.25) is 0 Å². The Labute approximate surface area is 195 Å². The van der Waals surface area contributed by atoms with E-state index in [0.29, 0.717) is 0 Å². The smallest absolute Gasteiger partial charge is 0.118 e. The lowest BCUT2D eigenvalue weighted by Crippen LogP contribution is -2.43. The van der Waals surface area contributed by atoms with Crippen molar-refractivity contribution in [2.45, 2.75) is 31.4 Å². The minimum absolute atomic E-state index is 0. The third-order valence-corrected chi connectivity index (χ3v) is 6.85. The Hall–Kier alpha value is -2.53. The average Bonchev–Trinajstić information content (AvgIpc) is 3.14. The van der Waals surface area contributed by atoms with Gasteiger partial charge in [-0.3, -0.25) is 0 Å². The van der Waals surface area contributed by atoms with E-state index in [0.717, 1.165) is 56.8 Å². The van der Waals surface area contributed by atoms with Crippen molar-refractivity contribution in [1.29, 1.82) is 0 Å². The zero-order chi connectivity index (χ0) is 21.3. The van der Waals surface area contributed by atoms with E-state index in [1.54, 1.807) is 7.11 Å². The molecule has 32 heavy (non-hydrogen) atoms. The summed E-state index contributed by atoms with van der Waals surface area (Å²) in [4.78, 5) is 2.49. The molecule has 168 valence electrons. The van der Waals surface area contributed by atoms with Crippen LogP contribution in [0.4, 0.5) is 0 Å². The molecule has 1 aliphatic heterocycles. The van der Waals surface area contributed by atoms with Crippen LogP contribution in [-0.2, 0) is 12.1 Å². The molecule has 1 aliphatic rings. The van der Waals surface area contributed by atoms with Gasteiger partial charge in [0.25, 0.3) is 0 Å². The Morgan fingerprint density at radius 2 is 1.38 bits per heavy atom. The van der Waals surface area contributed by atoms with Crippen molar-refractivity contribution in [3.05, 3.63) is 78.4 Å². The molecule has 0 saturated carbocycles. The molecule has 4 aromatic rings. The molecule has 1 N–H and O–H groups in total. The lowest BCUT2D eigenvalue weighted by Gasteiger charge is -2.38. The summed E-state index contributed by atoms with van der Waals surface area (Å²) in [6.07, 6.45) is 2.65. The molecule has 2 heterocycles. The Kier molecular flexibility index (Phi) is 6.75. The lowest BCUT2D eigenvalue weighted by molar-refractivity contribution is -0.0261. The number of aliphatic hydroxyl groups is 1. The van der Waals surface area contributed by atoms with Gasteiger partial charge >= 0.3 is 0 Å². The van der Waals surface area contributed by atoms with E-state index < -0.39 is 5.60 Å². The van der Waals surface area contributed by atoms with Crippen molar-refractivity contribution < 1.29 is 9.84 Å². The van der Waals surface area contributed by atoms with Gasteiger partial charge in [0.05, 0.1) is 12.7 Å². The Bertz CT molecular complexity index is 1120. The van der Waals surface area contributed by atoms with Gasteiger partial charge in [-0.1, -0.05) is 48.5 Å². The maximum absolute atomic E-state index is 11.2. The Balaban J connectivity index is 0.00000245. The SMILES string of the molecule is COc1ccc(C2(O)CCN(CCCn3c4ccccc4c4ccccc43)CC2)cc1.Cl. The molecule has 0 bridgehead atoms. The van der Waals surface area contributed by atoms with Gasteiger partial charge < -0.3 is 19.3 Å². The van der Waals surface area contributed by atoms with E-state index in [1.165, 1.54) is 21.8 Å². The number of para-hydroxylation sites is 2. The van der Waals surface area contributed by atoms with Gasteiger partial charge in [0, 0.05) is 41.4 Å². The summed E-state index contributed by atoms with van der Waals surface area (Å²) in [5.74, 6) is 0.829. The predicted octanol–water partition coefficient (Wildman–Crippen LogP) is 5.60. The van der Waals surface area contributed by atoms with Crippen molar-refractivity contribution in [1.82, 2.24) is 9.47 Å². The monoisotopic (exact) mass is 450 g/mol. The molecule has 0 amide bonds. The largest absolute Gasteiger partial charge is 0.497 e. The maximum atomic E-state index is 11.2. The van der Waals surface area contributed by atoms with Crippen LogP contribution < -0.4 is 4.74 Å². The summed E-state index contributed by atoms with van der Waals surface area (Å²) in [7, 11) is 1.67. The molecule has 5 heteroatoms. The number of methoxy groups -OCH3 is 1. The molecule has 1 saturated heterocycles. The highest BCUT2D eigenvalue weighted by atomic mass is 35.5. The van der Waals surface area contributed by atoms with E-state index in [-0.39, 0.29) is 12.4 Å². The highest BCUT2D eigenvalue weighted by Gasteiger charge is 2.33. The van der Waals surface area contributed by atoms with E-state index in [1.807, 2.05) is 24.3 Å². The van der Waals surface area contributed by atoms with E-state index in [4.69, 9.17) is 4.74 Å². The first-order valence-corrected chi connectivity index (χ1v) is 11.2. The van der Waals surface area contributed by atoms with Gasteiger partial charge in [-0.2, -0.15) is 0 Å². The van der Waals surface area contributed by atoms with Gasteiger partial charge in [0.1, 0.15) is 5.75 Å². The molecule has 0 atom stereocenters. The second-order valence-electron chi connectivity index (χ2n) is 8.64. The molecule has 1 aromatic heterocycles. The molecule has 3 aromatic carbocycles. The zero-order valence-corrected chi connectivity index (χ0v) is 19.4. The molecule has 0 radical (unpaired) electrons. The van der Waals surface area contributed by atoms with Crippen LogP contribution >= 0.6 is 12.4 Å². The summed E-state index contributed by atoms with van der Waals surface area (Å²) >= 11 is 0. The molecule has 1 fully saturated rings. The van der Waals surface area contributed by atoms with Crippen LogP contribution in [0.25, 0.3) is 21.8 Å². The number of aromatic nitrogens is 1. The summed E-state index contributed by atoms with van der Waals surface area (Å²) in [6, 6.07) is 25.3. The quantitative estimate of drug-likeness (QED) is 0.415. The fourth-order valence-corrected chi connectivity index (χ4v) is 5.03. The number of hydrogen-bond acceptors (Lipinski definition) is 3. The lowest BCUT2D eigenvalue weighted by atomic mass is 9.84. The number of aryl methyl sites for hydroxylation is 1. The summed E-state index contributed by atoms with van der Waals surface area (Å²) in [5.41, 5.74) is 2.90. The first-order chi connectivity index (χ1) is 15.2. The molecule has 0 aliphatic carbocycles. The zero-order valence-electron chi connectivity index (χ0n) is 18.5. The highest BCUT2D eigenvalue weighted by Crippen LogP contribution is 2.34. The van der Waals surface area contributed by atoms with Gasteiger partial charge in [-0.05, 0) is 55.6 Å². The highest BCUT2D eigenvalue weighted by molar-refractivity contribution is 6.07. The number of ether oxygens (including phenoxy) is 1. The standard InChI is InChI=1S/C27H30N2O2.ClH/c1-31-22-13-11-21(12-14-22)27(30)15-19-28(20-16-27)17-6-18-29-25-9-4-2-7-23(25)24-8-3-5-10-26(24)29;/h2-5,7-14,30H,6,15-20H2,1H3;1H. The second kappa shape index (κ2) is 9.53. The fraction of sp³-hybridized carbons (Fsp3) is 0.333. The number of halogens is 1. The summed E-state index contributed by atoms with van der Waals surface area (Å²) in [6.45, 7) is 3.91. The molecular weight excluding hydrogens is 420 g/mol. The van der Waals surface area contributed by atoms with Crippen LogP contribution in [0.3, 0.4) is 0 Å². The van der Waals surface area contributed by atoms with Crippen LogP contribution in [0.1, 0.15) is 24.8 Å². The van der Waals surface area contributed by atoms with Crippen molar-refractivity contribution in [2.75, 3.05) is 26.7 Å². The average molecular weight is 451 g/mol. The van der Waals surface area contributed by atoms with Gasteiger partial charge in [-0.15, -0.1) is 12.4 Å². The molecule has 0 unspecified atom stereocenters. The number of nitrogens with zero attached hydrogens (tertiary/aromatic N) is 2. The maximum Gasteiger partial charge on any atom is 0.118 e. The van der Waals surface area contributed by atoms with Gasteiger partial charge in [0.2, 0.25) is 0 Å². The van der Waals surface area contributed by atoms with Crippen LogP contribution in [0, 0.1) is 0 Å². The van der Waals surface area contributed by atoms with Crippen molar-refractivity contribution in [3.63, 3.8) is 0 Å². The fourth-order valence-electron chi connectivity index (χ4n) is 5.03. The number of benzene rings is 3. The topological polar surface area (TPSA) is 37.6 Å². The van der Waals surface area contributed by atoms with E-state index >= 15 is 0 Å². The summed E-state index contributed by atoms with van der Waals surface area (Å²) < 4.78 is 7.70. The normalized spacial score (nSPS) is 16.2. The molecular formula is C27H31ClN2O2. The number of hydrogen-bond donors (Lipinski definition) is 1. The Morgan fingerprint density at radius 1 is 0.812 bits per heavy atom. The van der Waals surface area contributed by atoms with E-state index in [2.05, 4.69) is 58.0 Å². The van der Waals surface area contributed by atoms with Crippen molar-refractivity contribution in [3.8, 4) is 5.75 Å². The molecule has 4 nitrogen and oxygen atoms in total. The minimum Gasteiger partial charge on any atom is -0.497 e. The summed E-state index contributed by atoms with van der Waals surface area (Å²) in [5, 5.41) is 13.8. The third kappa shape index (κ3) is 4.23. The second-order valence-corrected chi connectivity index (χ2v) is 8.64. The first kappa shape index (κ1) is 22.7. The number of rotatable bonds is 6. The number of piperidine rings is 1. The van der Waals surface area contributed by atoms with Crippen LogP contribution in [0.15, 0.2) is 72.8 Å². The van der Waals surface area contributed by atoms with Crippen molar-refractivity contribution in [2.24, 2.45) is 0 Å². The van der Waals surface area contributed by atoms with E-state index in [9.17, 15) is 5.11 Å². The Morgan fingerprint density at radius 3 is 1.94 bits per heavy atom. The molecule has 5 rings (SSSR count). The number of fused-ring (bicyclic) bond motifs is 3. The van der Waals surface area contributed by atoms with Crippen LogP contribution in [-0.4, -0.2) is 41.3 Å². The van der Waals surface area contributed by atoms with Crippen LogP contribution in [0.5, 0.6) is 5.75 Å². The minimum atomic E-state index is -0.727.